The van der Waals surface area contributed by atoms with Crippen LogP contribution in [-0.4, -0.2) is 36.6 Å². The average Bonchev–Trinajstić information content (AvgIpc) is 2.42. The van der Waals surface area contributed by atoms with E-state index in [0.717, 1.165) is 0 Å². The van der Waals surface area contributed by atoms with Gasteiger partial charge < -0.3 is 10.1 Å². The number of carbonyl (C=O) groups excluding carboxylic acids is 2. The first kappa shape index (κ1) is 13.9. The van der Waals surface area contributed by atoms with Crippen molar-refractivity contribution in [3.63, 3.8) is 0 Å². The number of urea groups is 1. The minimum absolute atomic E-state index is 0.0222. The van der Waals surface area contributed by atoms with Crippen molar-refractivity contribution in [2.75, 3.05) is 29.9 Å². The molecule has 0 spiro atoms. The normalized spacial score (nSPS) is 13.2. The summed E-state index contributed by atoms with van der Waals surface area (Å²) in [4.78, 5) is 29.0. The average molecular weight is 276 g/mol. The lowest BCUT2D eigenvalue weighted by Crippen LogP contribution is -2.39. The molecule has 20 heavy (non-hydrogen) atoms. The van der Waals surface area contributed by atoms with Crippen LogP contribution in [0.1, 0.15) is 6.92 Å². The van der Waals surface area contributed by atoms with Crippen molar-refractivity contribution in [3.8, 4) is 5.75 Å². The molecule has 7 nitrogen and oxygen atoms in total. The Labute approximate surface area is 116 Å². The summed E-state index contributed by atoms with van der Waals surface area (Å²) in [6, 6.07) is 2.95. The van der Waals surface area contributed by atoms with Gasteiger partial charge in [0.15, 0.2) is 18.2 Å². The van der Waals surface area contributed by atoms with Crippen LogP contribution in [0.2, 0.25) is 0 Å². The van der Waals surface area contributed by atoms with Gasteiger partial charge in [0.25, 0.3) is 5.91 Å². The van der Waals surface area contributed by atoms with E-state index in [4.69, 9.17) is 4.74 Å². The quantitative estimate of drug-likeness (QED) is 0.808. The predicted molar refractivity (Wildman–Crippen MR) is 75.0 cm³/mol. The van der Waals surface area contributed by atoms with Gasteiger partial charge in [0, 0.05) is 13.1 Å². The summed E-state index contributed by atoms with van der Waals surface area (Å²) in [7, 11) is 0. The third kappa shape index (κ3) is 2.87. The largest absolute Gasteiger partial charge is 0.480 e. The molecule has 1 aromatic rings. The highest BCUT2D eigenvalue weighted by Crippen LogP contribution is 2.31. The van der Waals surface area contributed by atoms with E-state index in [0.29, 0.717) is 30.5 Å². The van der Waals surface area contributed by atoms with Gasteiger partial charge in [0.05, 0.1) is 0 Å². The summed E-state index contributed by atoms with van der Waals surface area (Å²) in [6.07, 6.45) is 1.61. The first-order valence-electron chi connectivity index (χ1n) is 6.25. The number of ether oxygens (including phenoxy) is 1. The monoisotopic (exact) mass is 276 g/mol. The van der Waals surface area contributed by atoms with Gasteiger partial charge in [-0.05, 0) is 19.1 Å². The Bertz CT molecular complexity index is 544. The van der Waals surface area contributed by atoms with Crippen LogP contribution in [0, 0.1) is 0 Å². The zero-order valence-corrected chi connectivity index (χ0v) is 11.2. The summed E-state index contributed by atoms with van der Waals surface area (Å²) in [6.45, 7) is 6.27. The summed E-state index contributed by atoms with van der Waals surface area (Å²) in [5, 5.41) is 5.19. The molecule has 106 valence electrons. The Hall–Kier alpha value is -2.57. The molecule has 0 saturated heterocycles. The van der Waals surface area contributed by atoms with Crippen LogP contribution in [-0.2, 0) is 4.79 Å². The van der Waals surface area contributed by atoms with Crippen LogP contribution in [0.5, 0.6) is 5.75 Å². The maximum atomic E-state index is 11.8. The molecule has 1 aliphatic rings. The lowest BCUT2D eigenvalue weighted by atomic mass is 10.3. The maximum Gasteiger partial charge on any atom is 0.320 e. The lowest BCUT2D eigenvalue weighted by molar-refractivity contribution is -0.121. The van der Waals surface area contributed by atoms with Gasteiger partial charge >= 0.3 is 6.03 Å². The highest BCUT2D eigenvalue weighted by atomic mass is 16.5. The number of nitrogens with one attached hydrogen (secondary N) is 2. The molecule has 0 aromatic carbocycles. The van der Waals surface area contributed by atoms with Crippen LogP contribution in [0.3, 0.4) is 0 Å². The highest BCUT2D eigenvalue weighted by Gasteiger charge is 2.26. The van der Waals surface area contributed by atoms with Gasteiger partial charge in [-0.15, -0.1) is 6.58 Å². The van der Waals surface area contributed by atoms with Gasteiger partial charge in [-0.2, -0.15) is 0 Å². The number of anilines is 2. The lowest BCUT2D eigenvalue weighted by Gasteiger charge is -2.27. The number of hydrogen-bond acceptors (Lipinski definition) is 4. The van der Waals surface area contributed by atoms with Crippen LogP contribution in [0.4, 0.5) is 16.4 Å². The first-order chi connectivity index (χ1) is 9.65. The van der Waals surface area contributed by atoms with E-state index in [-0.39, 0.29) is 18.5 Å². The number of hydrogen-bond donors (Lipinski definition) is 2. The summed E-state index contributed by atoms with van der Waals surface area (Å²) < 4.78 is 5.30. The number of amides is 3. The number of aromatic nitrogens is 1. The van der Waals surface area contributed by atoms with Crippen molar-refractivity contribution in [1.82, 2.24) is 10.3 Å². The molecule has 2 N–H and O–H groups in total. The Morgan fingerprint density at radius 3 is 3.10 bits per heavy atom. The number of carbonyl (C=O) groups is 2. The van der Waals surface area contributed by atoms with E-state index in [1.54, 1.807) is 18.2 Å². The second-order valence-corrected chi connectivity index (χ2v) is 4.08. The molecule has 0 unspecified atom stereocenters. The Kier molecular flexibility index (Phi) is 4.19. The van der Waals surface area contributed by atoms with Crippen LogP contribution in [0.15, 0.2) is 24.8 Å². The second-order valence-electron chi connectivity index (χ2n) is 4.08. The molecule has 0 aliphatic carbocycles. The molecular weight excluding hydrogens is 260 g/mol. The second kappa shape index (κ2) is 6.05. The SMILES string of the molecule is C=CCN1C(=O)COc2ccc(NC(=O)NCC)nc21. The van der Waals surface area contributed by atoms with Crippen molar-refractivity contribution in [3.05, 3.63) is 24.8 Å². The molecule has 1 aromatic heterocycles. The maximum absolute atomic E-state index is 11.8. The van der Waals surface area contributed by atoms with Crippen molar-refractivity contribution >= 4 is 23.6 Å². The topological polar surface area (TPSA) is 83.6 Å². The third-order valence-electron chi connectivity index (χ3n) is 2.64. The van der Waals surface area contributed by atoms with Gasteiger partial charge in [0.1, 0.15) is 5.82 Å². The van der Waals surface area contributed by atoms with Crippen molar-refractivity contribution in [2.45, 2.75) is 6.92 Å². The molecule has 0 radical (unpaired) electrons. The van der Waals surface area contributed by atoms with Crippen LogP contribution < -0.4 is 20.3 Å². The molecule has 2 rings (SSSR count). The highest BCUT2D eigenvalue weighted by molar-refractivity contribution is 5.97. The Balaban J connectivity index is 2.25. The Morgan fingerprint density at radius 2 is 2.40 bits per heavy atom. The van der Waals surface area contributed by atoms with E-state index >= 15 is 0 Å². The number of fused-ring (bicyclic) bond motifs is 1. The minimum atomic E-state index is -0.349. The van der Waals surface area contributed by atoms with E-state index in [1.807, 2.05) is 6.92 Å². The minimum Gasteiger partial charge on any atom is -0.480 e. The molecule has 3 amide bonds. The number of pyridine rings is 1. The summed E-state index contributed by atoms with van der Waals surface area (Å²) in [5.41, 5.74) is 0. The fourth-order valence-corrected chi connectivity index (χ4v) is 1.79. The van der Waals surface area contributed by atoms with Gasteiger partial charge in [-0.3, -0.25) is 15.0 Å². The molecular formula is C13H16N4O3. The zero-order valence-electron chi connectivity index (χ0n) is 11.2. The molecule has 0 bridgehead atoms. The first-order valence-corrected chi connectivity index (χ1v) is 6.25. The molecule has 1 aliphatic heterocycles. The van der Waals surface area contributed by atoms with E-state index in [9.17, 15) is 9.59 Å². The van der Waals surface area contributed by atoms with Crippen molar-refractivity contribution in [2.24, 2.45) is 0 Å². The fraction of sp³-hybridized carbons (Fsp3) is 0.308. The smallest absolute Gasteiger partial charge is 0.320 e. The summed E-state index contributed by atoms with van der Waals surface area (Å²) >= 11 is 0. The number of rotatable bonds is 4. The third-order valence-corrected chi connectivity index (χ3v) is 2.64. The zero-order chi connectivity index (χ0) is 14.5. The molecule has 0 saturated carbocycles. The molecule has 2 heterocycles. The van der Waals surface area contributed by atoms with Gasteiger partial charge in [0.2, 0.25) is 0 Å². The fourth-order valence-electron chi connectivity index (χ4n) is 1.79. The van der Waals surface area contributed by atoms with Gasteiger partial charge in [-0.1, -0.05) is 6.08 Å². The standard InChI is InChI=1S/C13H16N4O3/c1-3-7-17-11(18)8-20-9-5-6-10(15-12(9)17)16-13(19)14-4-2/h3,5-6H,1,4,7-8H2,2H3,(H2,14,15,16,19). The van der Waals surface area contributed by atoms with E-state index in [2.05, 4.69) is 22.2 Å². The van der Waals surface area contributed by atoms with E-state index < -0.39 is 0 Å². The molecule has 7 heteroatoms. The van der Waals surface area contributed by atoms with Crippen LogP contribution >= 0.6 is 0 Å². The van der Waals surface area contributed by atoms with Crippen molar-refractivity contribution < 1.29 is 14.3 Å². The van der Waals surface area contributed by atoms with E-state index in [1.165, 1.54) is 4.90 Å². The molecule has 0 fully saturated rings. The predicted octanol–water partition coefficient (Wildman–Crippen LogP) is 1.13. The molecule has 0 atom stereocenters. The van der Waals surface area contributed by atoms with Crippen LogP contribution in [0.25, 0.3) is 0 Å². The van der Waals surface area contributed by atoms with Gasteiger partial charge in [-0.25, -0.2) is 9.78 Å². The summed E-state index contributed by atoms with van der Waals surface area (Å²) in [5.74, 6) is 1.05. The Morgan fingerprint density at radius 1 is 1.60 bits per heavy atom. The van der Waals surface area contributed by atoms with Crippen molar-refractivity contribution in [1.29, 1.82) is 0 Å². The number of nitrogens with zero attached hydrogens (tertiary/aromatic N) is 2.